The molecule has 0 aliphatic rings. The van der Waals surface area contributed by atoms with Gasteiger partial charge < -0.3 is 4.90 Å². The average molecular weight is 251 g/mol. The van der Waals surface area contributed by atoms with E-state index in [1.165, 1.54) is 17.3 Å². The first-order chi connectivity index (χ1) is 8.27. The van der Waals surface area contributed by atoms with Gasteiger partial charge in [0.15, 0.2) is 0 Å². The van der Waals surface area contributed by atoms with Gasteiger partial charge in [-0.05, 0) is 24.2 Å². The fourth-order valence-corrected chi connectivity index (χ4v) is 2.30. The second-order valence-electron chi connectivity index (χ2n) is 3.92. The first-order valence-electron chi connectivity index (χ1n) is 6.23. The maximum Gasteiger partial charge on any atom is 0.281 e. The maximum absolute atomic E-state index is 11.8. The van der Waals surface area contributed by atoms with Gasteiger partial charge in [-0.15, -0.1) is 0 Å². The lowest BCUT2D eigenvalue weighted by Gasteiger charge is -2.21. The van der Waals surface area contributed by atoms with Crippen molar-refractivity contribution in [1.82, 2.24) is 4.90 Å². The van der Waals surface area contributed by atoms with Crippen LogP contribution >= 0.6 is 11.8 Å². The van der Waals surface area contributed by atoms with Gasteiger partial charge in [0.1, 0.15) is 0 Å². The summed E-state index contributed by atoms with van der Waals surface area (Å²) in [6, 6.07) is 10.3. The molecule has 94 valence electrons. The average Bonchev–Trinajstić information content (AvgIpc) is 2.36. The summed E-state index contributed by atoms with van der Waals surface area (Å²) in [6.07, 6.45) is 1.96. The molecule has 0 atom stereocenters. The maximum atomic E-state index is 11.8. The van der Waals surface area contributed by atoms with Crippen molar-refractivity contribution in [3.8, 4) is 0 Å². The number of carbonyl (C=O) groups excluding carboxylic acids is 1. The quantitative estimate of drug-likeness (QED) is 0.766. The molecule has 0 aliphatic heterocycles. The van der Waals surface area contributed by atoms with Crippen molar-refractivity contribution in [2.45, 2.75) is 26.7 Å². The van der Waals surface area contributed by atoms with E-state index in [0.29, 0.717) is 0 Å². The Hall–Kier alpha value is -0.960. The van der Waals surface area contributed by atoms with E-state index in [1.54, 1.807) is 0 Å². The molecule has 0 unspecified atom stereocenters. The zero-order chi connectivity index (χ0) is 12.5. The number of amides is 1. The molecule has 2 nitrogen and oxygen atoms in total. The lowest BCUT2D eigenvalue weighted by molar-refractivity contribution is 0.223. The van der Waals surface area contributed by atoms with Gasteiger partial charge in [0, 0.05) is 13.1 Å². The Balaban J connectivity index is 2.47. The zero-order valence-corrected chi connectivity index (χ0v) is 11.5. The van der Waals surface area contributed by atoms with Crippen molar-refractivity contribution in [3.63, 3.8) is 0 Å². The standard InChI is InChI=1S/C14H21NOS/c1-3-11-15(14(16)17-4-2)12-10-13-8-6-5-7-9-13/h5-9H,3-4,10-12H2,1-2H3. The fraction of sp³-hybridized carbons (Fsp3) is 0.500. The Kier molecular flexibility index (Phi) is 6.78. The molecule has 0 saturated carbocycles. The van der Waals surface area contributed by atoms with Crippen LogP contribution in [0.1, 0.15) is 25.8 Å². The summed E-state index contributed by atoms with van der Waals surface area (Å²) in [5.74, 6) is 0.852. The third-order valence-corrected chi connectivity index (χ3v) is 3.33. The van der Waals surface area contributed by atoms with Crippen LogP contribution in [-0.2, 0) is 6.42 Å². The van der Waals surface area contributed by atoms with E-state index in [2.05, 4.69) is 19.1 Å². The number of nitrogens with zero attached hydrogens (tertiary/aromatic N) is 1. The number of hydrogen-bond acceptors (Lipinski definition) is 2. The number of carbonyl (C=O) groups is 1. The Labute approximate surface area is 108 Å². The van der Waals surface area contributed by atoms with Crippen LogP contribution in [0.5, 0.6) is 0 Å². The highest BCUT2D eigenvalue weighted by atomic mass is 32.2. The van der Waals surface area contributed by atoms with Crippen LogP contribution in [0.25, 0.3) is 0 Å². The third-order valence-electron chi connectivity index (χ3n) is 2.53. The Morgan fingerprint density at radius 3 is 2.47 bits per heavy atom. The first kappa shape index (κ1) is 14.1. The molecule has 0 bridgehead atoms. The summed E-state index contributed by atoms with van der Waals surface area (Å²) >= 11 is 1.40. The number of hydrogen-bond donors (Lipinski definition) is 0. The van der Waals surface area contributed by atoms with Crippen LogP contribution in [0.3, 0.4) is 0 Å². The highest BCUT2D eigenvalue weighted by Crippen LogP contribution is 2.10. The van der Waals surface area contributed by atoms with Crippen molar-refractivity contribution in [2.24, 2.45) is 0 Å². The van der Waals surface area contributed by atoms with E-state index in [-0.39, 0.29) is 5.24 Å². The molecule has 1 rings (SSSR count). The van der Waals surface area contributed by atoms with E-state index in [4.69, 9.17) is 0 Å². The van der Waals surface area contributed by atoms with Crippen molar-refractivity contribution in [3.05, 3.63) is 35.9 Å². The highest BCUT2D eigenvalue weighted by Gasteiger charge is 2.11. The predicted molar refractivity (Wildman–Crippen MR) is 75.5 cm³/mol. The van der Waals surface area contributed by atoms with Crippen LogP contribution < -0.4 is 0 Å². The molecule has 0 saturated heterocycles. The minimum Gasteiger partial charge on any atom is -0.333 e. The van der Waals surface area contributed by atoms with Crippen LogP contribution in [0.4, 0.5) is 4.79 Å². The second-order valence-corrected chi connectivity index (χ2v) is 5.14. The molecule has 1 aromatic rings. The Bertz CT molecular complexity index is 326. The lowest BCUT2D eigenvalue weighted by Crippen LogP contribution is -2.30. The largest absolute Gasteiger partial charge is 0.333 e. The minimum absolute atomic E-state index is 0.213. The van der Waals surface area contributed by atoms with Gasteiger partial charge in [0.25, 0.3) is 5.24 Å². The summed E-state index contributed by atoms with van der Waals surface area (Å²) in [5.41, 5.74) is 1.29. The van der Waals surface area contributed by atoms with Gasteiger partial charge in [-0.1, -0.05) is 55.9 Å². The first-order valence-corrected chi connectivity index (χ1v) is 7.22. The van der Waals surface area contributed by atoms with Gasteiger partial charge in [-0.2, -0.15) is 0 Å². The summed E-state index contributed by atoms with van der Waals surface area (Å²) in [4.78, 5) is 13.8. The molecule has 1 aromatic carbocycles. The summed E-state index contributed by atoms with van der Waals surface area (Å²) in [5, 5.41) is 0.213. The summed E-state index contributed by atoms with van der Waals surface area (Å²) in [6.45, 7) is 5.81. The second kappa shape index (κ2) is 8.18. The molecule has 0 fully saturated rings. The van der Waals surface area contributed by atoms with E-state index < -0.39 is 0 Å². The lowest BCUT2D eigenvalue weighted by atomic mass is 10.1. The molecule has 0 aliphatic carbocycles. The van der Waals surface area contributed by atoms with Crippen molar-refractivity contribution in [2.75, 3.05) is 18.8 Å². The van der Waals surface area contributed by atoms with E-state index >= 15 is 0 Å². The summed E-state index contributed by atoms with van der Waals surface area (Å²) < 4.78 is 0. The normalized spacial score (nSPS) is 10.2. The number of thioether (sulfide) groups is 1. The number of benzene rings is 1. The Morgan fingerprint density at radius 2 is 1.88 bits per heavy atom. The van der Waals surface area contributed by atoms with Gasteiger partial charge in [0.2, 0.25) is 0 Å². The molecule has 0 N–H and O–H groups in total. The molecule has 0 aromatic heterocycles. The van der Waals surface area contributed by atoms with E-state index in [1.807, 2.05) is 30.0 Å². The molecular weight excluding hydrogens is 230 g/mol. The van der Waals surface area contributed by atoms with Crippen molar-refractivity contribution >= 4 is 17.0 Å². The third kappa shape index (κ3) is 5.26. The molecular formula is C14H21NOS. The van der Waals surface area contributed by atoms with E-state index in [0.717, 1.165) is 31.7 Å². The molecule has 0 heterocycles. The zero-order valence-electron chi connectivity index (χ0n) is 10.7. The molecule has 1 amide bonds. The van der Waals surface area contributed by atoms with Crippen LogP contribution in [0.15, 0.2) is 30.3 Å². The highest BCUT2D eigenvalue weighted by molar-refractivity contribution is 8.13. The minimum atomic E-state index is 0.213. The van der Waals surface area contributed by atoms with Gasteiger partial charge in [-0.25, -0.2) is 0 Å². The van der Waals surface area contributed by atoms with Gasteiger partial charge in [-0.3, -0.25) is 4.79 Å². The molecule has 0 spiro atoms. The van der Waals surface area contributed by atoms with Gasteiger partial charge >= 0.3 is 0 Å². The summed E-state index contributed by atoms with van der Waals surface area (Å²) in [7, 11) is 0. The van der Waals surface area contributed by atoms with Crippen molar-refractivity contribution in [1.29, 1.82) is 0 Å². The monoisotopic (exact) mass is 251 g/mol. The predicted octanol–water partition coefficient (Wildman–Crippen LogP) is 3.81. The van der Waals surface area contributed by atoms with E-state index in [9.17, 15) is 4.79 Å². The van der Waals surface area contributed by atoms with Crippen LogP contribution in [0, 0.1) is 0 Å². The Morgan fingerprint density at radius 1 is 1.18 bits per heavy atom. The molecule has 17 heavy (non-hydrogen) atoms. The van der Waals surface area contributed by atoms with Crippen molar-refractivity contribution < 1.29 is 4.79 Å². The topological polar surface area (TPSA) is 20.3 Å². The van der Waals surface area contributed by atoms with Crippen LogP contribution in [0.2, 0.25) is 0 Å². The smallest absolute Gasteiger partial charge is 0.281 e. The fourth-order valence-electron chi connectivity index (χ4n) is 1.69. The number of rotatable bonds is 6. The molecule has 0 radical (unpaired) electrons. The molecule has 3 heteroatoms. The van der Waals surface area contributed by atoms with Crippen LogP contribution in [-0.4, -0.2) is 29.0 Å². The van der Waals surface area contributed by atoms with Gasteiger partial charge in [0.05, 0.1) is 0 Å². The SMILES string of the molecule is CCCN(CCc1ccccc1)C(=O)SCC.